The Kier molecular flexibility index (Phi) is 6.12. The van der Waals surface area contributed by atoms with Crippen molar-refractivity contribution in [3.63, 3.8) is 0 Å². The van der Waals surface area contributed by atoms with Gasteiger partial charge >= 0.3 is 0 Å². The fourth-order valence-electron chi connectivity index (χ4n) is 2.73. The molecule has 2 unspecified atom stereocenters. The van der Waals surface area contributed by atoms with Crippen molar-refractivity contribution < 1.29 is 4.74 Å². The van der Waals surface area contributed by atoms with Crippen LogP contribution in [0.4, 0.5) is 0 Å². The van der Waals surface area contributed by atoms with Crippen molar-refractivity contribution in [1.82, 2.24) is 5.32 Å². The molecular weight excluding hydrogens is 286 g/mol. The number of hydrogen-bond donors (Lipinski definition) is 1. The zero-order valence-electron chi connectivity index (χ0n) is 12.9. The van der Waals surface area contributed by atoms with Crippen molar-refractivity contribution in [3.05, 3.63) is 28.8 Å². The van der Waals surface area contributed by atoms with E-state index in [9.17, 15) is 0 Å². The van der Waals surface area contributed by atoms with E-state index in [1.165, 1.54) is 33.9 Å². The molecule has 1 saturated heterocycles. The molecule has 0 saturated carbocycles. The van der Waals surface area contributed by atoms with Crippen LogP contribution in [-0.2, 0) is 0 Å². The van der Waals surface area contributed by atoms with Crippen LogP contribution in [0.2, 0.25) is 0 Å². The summed E-state index contributed by atoms with van der Waals surface area (Å²) in [6.45, 7) is 7.53. The predicted octanol–water partition coefficient (Wildman–Crippen LogP) is 3.81. The second kappa shape index (κ2) is 7.62. The zero-order valence-corrected chi connectivity index (χ0v) is 14.5. The quantitative estimate of drug-likeness (QED) is 0.892. The smallest absolute Gasteiger partial charge is 0.122 e. The number of methoxy groups -OCH3 is 1. The Balaban J connectivity index is 2.30. The molecule has 1 heterocycles. The van der Waals surface area contributed by atoms with Crippen LogP contribution in [-0.4, -0.2) is 36.2 Å². The normalized spacial score (nSPS) is 20.7. The van der Waals surface area contributed by atoms with Gasteiger partial charge in [0.2, 0.25) is 0 Å². The van der Waals surface area contributed by atoms with Crippen molar-refractivity contribution in [1.29, 1.82) is 0 Å². The second-order valence-electron chi connectivity index (χ2n) is 5.20. The van der Waals surface area contributed by atoms with E-state index in [1.54, 1.807) is 7.11 Å². The summed E-state index contributed by atoms with van der Waals surface area (Å²) < 4.78 is 5.44. The van der Waals surface area contributed by atoms with Crippen LogP contribution >= 0.6 is 23.5 Å². The number of benzene rings is 1. The highest BCUT2D eigenvalue weighted by molar-refractivity contribution is 8.06. The Bertz CT molecular complexity index is 444. The summed E-state index contributed by atoms with van der Waals surface area (Å²) >= 11 is 4.20. The van der Waals surface area contributed by atoms with Gasteiger partial charge in [-0.1, -0.05) is 13.0 Å². The lowest BCUT2D eigenvalue weighted by molar-refractivity contribution is 0.410. The summed E-state index contributed by atoms with van der Waals surface area (Å²) in [7, 11) is 1.75. The largest absolute Gasteiger partial charge is 0.496 e. The summed E-state index contributed by atoms with van der Waals surface area (Å²) in [5, 5.41) is 4.37. The molecule has 1 aliphatic heterocycles. The average molecular weight is 312 g/mol. The molecule has 0 spiro atoms. The van der Waals surface area contributed by atoms with Gasteiger partial charge in [-0.25, -0.2) is 0 Å². The van der Waals surface area contributed by atoms with Gasteiger partial charge in [0.05, 0.1) is 7.11 Å². The minimum absolute atomic E-state index is 0.447. The molecular formula is C16H25NOS2. The van der Waals surface area contributed by atoms with Gasteiger partial charge in [-0.3, -0.25) is 0 Å². The highest BCUT2D eigenvalue weighted by atomic mass is 32.2. The van der Waals surface area contributed by atoms with Crippen molar-refractivity contribution in [2.24, 2.45) is 0 Å². The van der Waals surface area contributed by atoms with Crippen molar-refractivity contribution in [2.45, 2.75) is 32.1 Å². The lowest BCUT2D eigenvalue weighted by Crippen LogP contribution is -2.34. The molecule has 0 amide bonds. The van der Waals surface area contributed by atoms with E-state index in [4.69, 9.17) is 4.74 Å². The van der Waals surface area contributed by atoms with Gasteiger partial charge in [0.1, 0.15) is 5.75 Å². The zero-order chi connectivity index (χ0) is 14.5. The summed E-state index contributed by atoms with van der Waals surface area (Å²) in [5.74, 6) is 4.80. The minimum atomic E-state index is 0.447. The maximum atomic E-state index is 5.44. The Hall–Kier alpha value is -0.320. The molecule has 2 nitrogen and oxygen atoms in total. The standard InChI is InChI=1S/C16H25NOS2/c1-5-17-16(15-10-19-6-7-20-15)13-8-12(3)14(18-4)9-11(13)2/h8-9,15-17H,5-7,10H2,1-4H3. The first-order valence-corrected chi connectivity index (χ1v) is 9.45. The molecule has 112 valence electrons. The van der Waals surface area contributed by atoms with Crippen molar-refractivity contribution in [2.75, 3.05) is 30.9 Å². The molecule has 1 aromatic rings. The van der Waals surface area contributed by atoms with Gasteiger partial charge < -0.3 is 10.1 Å². The van der Waals surface area contributed by atoms with E-state index in [2.05, 4.69) is 61.7 Å². The molecule has 2 atom stereocenters. The van der Waals surface area contributed by atoms with Crippen LogP contribution in [0, 0.1) is 13.8 Å². The molecule has 1 aromatic carbocycles. The van der Waals surface area contributed by atoms with Crippen molar-refractivity contribution >= 4 is 23.5 Å². The molecule has 1 fully saturated rings. The Morgan fingerprint density at radius 1 is 1.30 bits per heavy atom. The van der Waals surface area contributed by atoms with Crippen LogP contribution in [0.25, 0.3) is 0 Å². The van der Waals surface area contributed by atoms with E-state index >= 15 is 0 Å². The minimum Gasteiger partial charge on any atom is -0.496 e. The number of nitrogens with one attached hydrogen (secondary N) is 1. The highest BCUT2D eigenvalue weighted by Crippen LogP contribution is 2.36. The summed E-state index contributed by atoms with van der Waals surface area (Å²) in [4.78, 5) is 0. The monoisotopic (exact) mass is 311 g/mol. The van der Waals surface area contributed by atoms with E-state index in [0.29, 0.717) is 11.3 Å². The van der Waals surface area contributed by atoms with E-state index in [1.807, 2.05) is 0 Å². The number of rotatable bonds is 5. The number of ether oxygens (including phenoxy) is 1. The van der Waals surface area contributed by atoms with Crippen LogP contribution in [0.15, 0.2) is 12.1 Å². The summed E-state index contributed by atoms with van der Waals surface area (Å²) in [6.07, 6.45) is 0. The first kappa shape index (κ1) is 16.1. The van der Waals surface area contributed by atoms with Gasteiger partial charge in [0, 0.05) is 28.6 Å². The fraction of sp³-hybridized carbons (Fsp3) is 0.625. The maximum absolute atomic E-state index is 5.44. The molecule has 0 aliphatic carbocycles. The van der Waals surface area contributed by atoms with Crippen LogP contribution in [0.3, 0.4) is 0 Å². The molecule has 0 bridgehead atoms. The Labute approximate surface area is 131 Å². The number of thioether (sulfide) groups is 2. The van der Waals surface area contributed by atoms with Crippen LogP contribution < -0.4 is 10.1 Å². The molecule has 1 N–H and O–H groups in total. The van der Waals surface area contributed by atoms with Crippen molar-refractivity contribution in [3.8, 4) is 5.75 Å². The van der Waals surface area contributed by atoms with Crippen LogP contribution in [0.5, 0.6) is 5.75 Å². The molecule has 20 heavy (non-hydrogen) atoms. The predicted molar refractivity (Wildman–Crippen MR) is 92.5 cm³/mol. The first-order valence-electron chi connectivity index (χ1n) is 7.25. The van der Waals surface area contributed by atoms with Crippen LogP contribution in [0.1, 0.15) is 29.7 Å². The number of aryl methyl sites for hydroxylation is 2. The Morgan fingerprint density at radius 2 is 2.10 bits per heavy atom. The number of hydrogen-bond acceptors (Lipinski definition) is 4. The lowest BCUT2D eigenvalue weighted by atomic mass is 9.96. The fourth-order valence-corrected chi connectivity index (χ4v) is 5.59. The maximum Gasteiger partial charge on any atom is 0.122 e. The third-order valence-corrected chi connectivity index (χ3v) is 6.62. The molecule has 0 radical (unpaired) electrons. The van der Waals surface area contributed by atoms with Gasteiger partial charge in [-0.15, -0.1) is 0 Å². The summed E-state index contributed by atoms with van der Waals surface area (Å²) in [5.41, 5.74) is 3.99. The topological polar surface area (TPSA) is 21.3 Å². The molecule has 2 rings (SSSR count). The third kappa shape index (κ3) is 3.66. The third-order valence-electron chi connectivity index (χ3n) is 3.76. The van der Waals surface area contributed by atoms with Gasteiger partial charge in [-0.2, -0.15) is 23.5 Å². The Morgan fingerprint density at radius 3 is 2.70 bits per heavy atom. The molecule has 1 aliphatic rings. The summed E-state index contributed by atoms with van der Waals surface area (Å²) in [6, 6.07) is 4.93. The van der Waals surface area contributed by atoms with Gasteiger partial charge in [-0.05, 0) is 43.1 Å². The van der Waals surface area contributed by atoms with E-state index in [0.717, 1.165) is 12.3 Å². The SMILES string of the molecule is CCNC(c1cc(C)c(OC)cc1C)C1CSCCS1. The highest BCUT2D eigenvalue weighted by Gasteiger charge is 2.26. The molecule has 0 aromatic heterocycles. The van der Waals surface area contributed by atoms with E-state index < -0.39 is 0 Å². The van der Waals surface area contributed by atoms with Gasteiger partial charge in [0.15, 0.2) is 0 Å². The average Bonchev–Trinajstić information content (AvgIpc) is 2.48. The second-order valence-corrected chi connectivity index (χ2v) is 7.69. The molecule has 4 heteroatoms. The first-order chi connectivity index (χ1) is 9.67. The van der Waals surface area contributed by atoms with Gasteiger partial charge in [0.25, 0.3) is 0 Å². The lowest BCUT2D eigenvalue weighted by Gasteiger charge is -2.32. The van der Waals surface area contributed by atoms with E-state index in [-0.39, 0.29) is 0 Å².